The number of hydrogen-bond acceptors (Lipinski definition) is 3. The summed E-state index contributed by atoms with van der Waals surface area (Å²) in [6.07, 6.45) is 3.00. The zero-order valence-corrected chi connectivity index (χ0v) is 6.29. The molecule has 1 amide bonds. The molecule has 4 heteroatoms. The smallest absolute Gasteiger partial charge is 0.232 e. The number of rotatable bonds is 0. The molecule has 2 heterocycles. The van der Waals surface area contributed by atoms with Gasteiger partial charge < -0.3 is 10.1 Å². The lowest BCUT2D eigenvalue weighted by Crippen LogP contribution is -2.34. The molecule has 2 aliphatic rings. The molecule has 0 aromatic rings. The summed E-state index contributed by atoms with van der Waals surface area (Å²) in [7, 11) is 0. The molecule has 0 spiro atoms. The fourth-order valence-electron chi connectivity index (χ4n) is 1.22. The minimum absolute atomic E-state index is 0.0595. The van der Waals surface area contributed by atoms with E-state index in [-0.39, 0.29) is 24.7 Å². The second-order valence-corrected chi connectivity index (χ2v) is 2.65. The van der Waals surface area contributed by atoms with Crippen molar-refractivity contribution in [1.29, 1.82) is 0 Å². The molecule has 0 saturated carbocycles. The van der Waals surface area contributed by atoms with Gasteiger partial charge in [0.2, 0.25) is 5.91 Å². The summed E-state index contributed by atoms with van der Waals surface area (Å²) >= 11 is 0. The van der Waals surface area contributed by atoms with Gasteiger partial charge in [0.05, 0.1) is 24.0 Å². The molecule has 2 aliphatic heterocycles. The van der Waals surface area contributed by atoms with Gasteiger partial charge in [0.1, 0.15) is 6.61 Å². The van der Waals surface area contributed by atoms with Crippen molar-refractivity contribution in [3.05, 3.63) is 23.6 Å². The molecule has 2 rings (SSSR count). The zero-order chi connectivity index (χ0) is 8.55. The van der Waals surface area contributed by atoms with E-state index < -0.39 is 0 Å². The van der Waals surface area contributed by atoms with Crippen molar-refractivity contribution in [2.24, 2.45) is 0 Å². The molecule has 4 nitrogen and oxygen atoms in total. The van der Waals surface area contributed by atoms with Crippen LogP contribution in [0.4, 0.5) is 0 Å². The summed E-state index contributed by atoms with van der Waals surface area (Å²) in [4.78, 5) is 22.1. The highest BCUT2D eigenvalue weighted by molar-refractivity contribution is 6.11. The number of ketones is 1. The van der Waals surface area contributed by atoms with Crippen molar-refractivity contribution < 1.29 is 14.3 Å². The summed E-state index contributed by atoms with van der Waals surface area (Å²) in [5, 5.41) is 2.60. The van der Waals surface area contributed by atoms with E-state index in [1.54, 1.807) is 6.08 Å². The Labute approximate surface area is 68.9 Å². The van der Waals surface area contributed by atoms with Gasteiger partial charge in [-0.25, -0.2) is 0 Å². The van der Waals surface area contributed by atoms with Crippen molar-refractivity contribution in [2.45, 2.75) is 6.42 Å². The van der Waals surface area contributed by atoms with Gasteiger partial charge in [0.15, 0.2) is 5.78 Å². The fraction of sp³-hybridized carbons (Fsp3) is 0.250. The largest absolute Gasteiger partial charge is 0.496 e. The van der Waals surface area contributed by atoms with Gasteiger partial charge in [-0.2, -0.15) is 0 Å². The maximum atomic E-state index is 11.2. The monoisotopic (exact) mass is 165 g/mol. The standard InChI is InChI=1S/C8H7NO3/c10-7-3-8(11)9-6-1-2-12-4-5(6)7/h1-2H,3-4H2,(H,9,11). The van der Waals surface area contributed by atoms with Crippen molar-refractivity contribution >= 4 is 11.7 Å². The van der Waals surface area contributed by atoms with E-state index >= 15 is 0 Å². The van der Waals surface area contributed by atoms with E-state index in [1.807, 2.05) is 0 Å². The van der Waals surface area contributed by atoms with Gasteiger partial charge in [-0.3, -0.25) is 9.59 Å². The molecule has 0 aromatic carbocycles. The molecular weight excluding hydrogens is 158 g/mol. The molecular formula is C8H7NO3. The Kier molecular flexibility index (Phi) is 1.46. The molecule has 0 saturated heterocycles. The van der Waals surface area contributed by atoms with Crippen LogP contribution >= 0.6 is 0 Å². The highest BCUT2D eigenvalue weighted by Crippen LogP contribution is 2.16. The third-order valence-electron chi connectivity index (χ3n) is 1.82. The second kappa shape index (κ2) is 2.48. The maximum absolute atomic E-state index is 11.2. The molecule has 1 N–H and O–H groups in total. The predicted molar refractivity (Wildman–Crippen MR) is 39.9 cm³/mol. The van der Waals surface area contributed by atoms with Crippen LogP contribution in [-0.2, 0) is 14.3 Å². The number of carbonyl (C=O) groups is 2. The highest BCUT2D eigenvalue weighted by atomic mass is 16.5. The molecule has 0 aromatic heterocycles. The molecule has 0 atom stereocenters. The van der Waals surface area contributed by atoms with Crippen molar-refractivity contribution in [3.8, 4) is 0 Å². The predicted octanol–water partition coefficient (Wildman–Crippen LogP) is -0.127. The number of Topliss-reactive ketones (excluding diaryl/α,β-unsaturated/α-hetero) is 1. The minimum atomic E-state index is -0.245. The Balaban J connectivity index is 2.39. The average molecular weight is 165 g/mol. The van der Waals surface area contributed by atoms with Gasteiger partial charge >= 0.3 is 0 Å². The van der Waals surface area contributed by atoms with Crippen LogP contribution in [0.1, 0.15) is 6.42 Å². The first-order chi connectivity index (χ1) is 5.77. The molecule has 62 valence electrons. The van der Waals surface area contributed by atoms with Gasteiger partial charge in [0, 0.05) is 0 Å². The Morgan fingerprint density at radius 2 is 2.25 bits per heavy atom. The lowest BCUT2D eigenvalue weighted by molar-refractivity contribution is -0.127. The van der Waals surface area contributed by atoms with Crippen LogP contribution < -0.4 is 5.32 Å². The fourth-order valence-corrected chi connectivity index (χ4v) is 1.22. The van der Waals surface area contributed by atoms with Gasteiger partial charge in [-0.1, -0.05) is 0 Å². The highest BCUT2D eigenvalue weighted by Gasteiger charge is 2.25. The van der Waals surface area contributed by atoms with Crippen LogP contribution in [0.15, 0.2) is 23.6 Å². The maximum Gasteiger partial charge on any atom is 0.232 e. The minimum Gasteiger partial charge on any atom is -0.496 e. The molecule has 0 unspecified atom stereocenters. The van der Waals surface area contributed by atoms with E-state index in [1.165, 1.54) is 6.26 Å². The number of allylic oxidation sites excluding steroid dienone is 1. The molecule has 0 fully saturated rings. The van der Waals surface area contributed by atoms with Crippen molar-refractivity contribution in [1.82, 2.24) is 5.32 Å². The Morgan fingerprint density at radius 1 is 1.42 bits per heavy atom. The summed E-state index contributed by atoms with van der Waals surface area (Å²) in [5.74, 6) is -0.386. The average Bonchev–Trinajstić information content (AvgIpc) is 2.04. The topological polar surface area (TPSA) is 55.4 Å². The number of carbonyl (C=O) groups excluding carboxylic acids is 2. The quantitative estimate of drug-likeness (QED) is 0.509. The first kappa shape index (κ1) is 7.09. The van der Waals surface area contributed by atoms with Crippen LogP contribution in [0.3, 0.4) is 0 Å². The molecule has 0 radical (unpaired) electrons. The van der Waals surface area contributed by atoms with Gasteiger partial charge in [-0.05, 0) is 6.08 Å². The molecule has 0 bridgehead atoms. The van der Waals surface area contributed by atoms with Gasteiger partial charge in [-0.15, -0.1) is 0 Å². The SMILES string of the molecule is O=C1CC(=O)C2=C(C=COC2)N1. The first-order valence-corrected chi connectivity index (χ1v) is 3.62. The van der Waals surface area contributed by atoms with E-state index in [0.29, 0.717) is 11.3 Å². The summed E-state index contributed by atoms with van der Waals surface area (Å²) in [5.41, 5.74) is 1.15. The summed E-state index contributed by atoms with van der Waals surface area (Å²) in [6, 6.07) is 0. The molecule has 12 heavy (non-hydrogen) atoms. The van der Waals surface area contributed by atoms with Crippen LogP contribution in [0.5, 0.6) is 0 Å². The van der Waals surface area contributed by atoms with Crippen molar-refractivity contribution in [3.63, 3.8) is 0 Å². The zero-order valence-electron chi connectivity index (χ0n) is 6.29. The van der Waals surface area contributed by atoms with E-state index in [0.717, 1.165) is 0 Å². The number of hydrogen-bond donors (Lipinski definition) is 1. The number of amides is 1. The first-order valence-electron chi connectivity index (χ1n) is 3.62. The van der Waals surface area contributed by atoms with E-state index in [9.17, 15) is 9.59 Å². The Hall–Kier alpha value is -1.58. The van der Waals surface area contributed by atoms with Crippen LogP contribution in [0.2, 0.25) is 0 Å². The third kappa shape index (κ3) is 1.01. The van der Waals surface area contributed by atoms with E-state index in [2.05, 4.69) is 5.32 Å². The summed E-state index contributed by atoms with van der Waals surface area (Å²) in [6.45, 7) is 0.269. The summed E-state index contributed by atoms with van der Waals surface area (Å²) < 4.78 is 4.93. The van der Waals surface area contributed by atoms with Gasteiger partial charge in [0.25, 0.3) is 0 Å². The van der Waals surface area contributed by atoms with Crippen molar-refractivity contribution in [2.75, 3.05) is 6.61 Å². The molecule has 0 aliphatic carbocycles. The number of nitrogens with one attached hydrogen (secondary N) is 1. The van der Waals surface area contributed by atoms with Crippen LogP contribution in [0.25, 0.3) is 0 Å². The third-order valence-corrected chi connectivity index (χ3v) is 1.82. The lowest BCUT2D eigenvalue weighted by Gasteiger charge is -2.20. The number of ether oxygens (including phenoxy) is 1. The second-order valence-electron chi connectivity index (χ2n) is 2.65. The van der Waals surface area contributed by atoms with Crippen LogP contribution in [0, 0.1) is 0 Å². The normalized spacial score (nSPS) is 21.7. The lowest BCUT2D eigenvalue weighted by atomic mass is 10.0. The van der Waals surface area contributed by atoms with Crippen LogP contribution in [-0.4, -0.2) is 18.3 Å². The Bertz CT molecular complexity index is 314. The Morgan fingerprint density at radius 3 is 3.08 bits per heavy atom. The van der Waals surface area contributed by atoms with E-state index in [4.69, 9.17) is 4.74 Å².